The Morgan fingerprint density at radius 2 is 1.08 bits per heavy atom. The molecule has 9 N–H and O–H groups in total. The predicted molar refractivity (Wildman–Crippen MR) is 253 cm³/mol. The van der Waals surface area contributed by atoms with Gasteiger partial charge in [0.25, 0.3) is 0 Å². The molecule has 8 aliphatic carbocycles. The summed E-state index contributed by atoms with van der Waals surface area (Å²) >= 11 is 0. The van der Waals surface area contributed by atoms with Crippen molar-refractivity contribution in [1.29, 1.82) is 0 Å². The molecule has 11 nitrogen and oxygen atoms in total. The highest BCUT2D eigenvalue weighted by Gasteiger charge is 2.67. The van der Waals surface area contributed by atoms with Crippen LogP contribution in [0.4, 0.5) is 0 Å². The minimum absolute atomic E-state index is 0.0300. The summed E-state index contributed by atoms with van der Waals surface area (Å²) in [6.45, 7) is 16.0. The largest absolute Gasteiger partial charge is 0.393 e. The molecule has 372 valence electrons. The van der Waals surface area contributed by atoms with E-state index in [1.165, 1.54) is 0 Å². The van der Waals surface area contributed by atoms with Gasteiger partial charge in [0.05, 0.1) is 36.6 Å². The highest BCUT2D eigenvalue weighted by atomic mass is 16.3. The van der Waals surface area contributed by atoms with Crippen LogP contribution in [0.15, 0.2) is 0 Å². The van der Waals surface area contributed by atoms with Crippen LogP contribution < -0.4 is 11.1 Å². The van der Waals surface area contributed by atoms with Gasteiger partial charge in [0.2, 0.25) is 11.8 Å². The van der Waals surface area contributed by atoms with Crippen molar-refractivity contribution in [3.8, 4) is 0 Å². The molecule has 0 saturated heterocycles. The van der Waals surface area contributed by atoms with Crippen LogP contribution in [0.1, 0.15) is 170 Å². The van der Waals surface area contributed by atoms with Gasteiger partial charge in [-0.1, -0.05) is 41.5 Å². The van der Waals surface area contributed by atoms with Gasteiger partial charge < -0.3 is 46.6 Å². The topological polar surface area (TPSA) is 197 Å². The van der Waals surface area contributed by atoms with Crippen molar-refractivity contribution in [2.45, 2.75) is 207 Å². The van der Waals surface area contributed by atoms with Crippen molar-refractivity contribution in [1.82, 2.24) is 10.2 Å². The molecule has 11 heteroatoms. The molecular weight excluding hydrogens is 819 g/mol. The summed E-state index contributed by atoms with van der Waals surface area (Å²) in [5.41, 5.74) is 5.44. The third-order valence-electron chi connectivity index (χ3n) is 22.6. The second-order valence-electron chi connectivity index (χ2n) is 25.3. The van der Waals surface area contributed by atoms with E-state index >= 15 is 0 Å². The van der Waals surface area contributed by atoms with Gasteiger partial charge >= 0.3 is 0 Å². The van der Waals surface area contributed by atoms with Crippen LogP contribution in [-0.2, 0) is 9.59 Å². The van der Waals surface area contributed by atoms with Crippen LogP contribution in [0.25, 0.3) is 0 Å². The highest BCUT2D eigenvalue weighted by molar-refractivity contribution is 5.76. The van der Waals surface area contributed by atoms with Crippen molar-refractivity contribution in [2.75, 3.05) is 26.2 Å². The van der Waals surface area contributed by atoms with Crippen molar-refractivity contribution < 1.29 is 40.2 Å². The SMILES string of the molecule is CC(CCC(=O)NCCCN(CCCN)C(=O)CCC(C)C1CCC2C3C(O)CC4C[C@@H](O)CC[C@]4(C)C3C[C@@H](O)[C@]12C)C1CCC2C3C(O)CC4C[C@@H](O)CC[C@]4(C)C3C[C@@H](O)[C@]12C. The van der Waals surface area contributed by atoms with Crippen molar-refractivity contribution in [2.24, 2.45) is 98.4 Å². The van der Waals surface area contributed by atoms with E-state index in [1.54, 1.807) is 0 Å². The molecule has 8 aliphatic rings. The summed E-state index contributed by atoms with van der Waals surface area (Å²) in [7, 11) is 0. The van der Waals surface area contributed by atoms with E-state index in [1.807, 2.05) is 4.90 Å². The number of hydrogen-bond acceptors (Lipinski definition) is 9. The second-order valence-corrected chi connectivity index (χ2v) is 25.3. The van der Waals surface area contributed by atoms with E-state index in [0.717, 1.165) is 103 Å². The maximum absolute atomic E-state index is 13.8. The van der Waals surface area contributed by atoms with E-state index in [0.29, 0.717) is 69.6 Å². The van der Waals surface area contributed by atoms with E-state index < -0.39 is 24.4 Å². The van der Waals surface area contributed by atoms with E-state index in [2.05, 4.69) is 46.9 Å². The van der Waals surface area contributed by atoms with Crippen molar-refractivity contribution in [3.05, 3.63) is 0 Å². The minimum atomic E-state index is -0.442. The summed E-state index contributed by atoms with van der Waals surface area (Å²) in [6.07, 6.45) is 13.6. The normalized spacial score (nSPS) is 48.7. The summed E-state index contributed by atoms with van der Waals surface area (Å²) in [6, 6.07) is 0. The number of aliphatic hydroxyl groups excluding tert-OH is 6. The fraction of sp³-hybridized carbons (Fsp3) is 0.963. The number of fused-ring (bicyclic) bond motifs is 10. The third kappa shape index (κ3) is 8.82. The summed E-state index contributed by atoms with van der Waals surface area (Å²) in [5, 5.41) is 71.5. The smallest absolute Gasteiger partial charge is 0.222 e. The molecule has 8 fully saturated rings. The zero-order chi connectivity index (χ0) is 46.8. The standard InChI is InChI=1S/C54H93N3O8/c1-31(37-11-13-39-49-41(29-45(62)53(37,39)5)51(3)19-17-35(58)25-33(51)27-43(49)60)9-15-47(64)56-22-8-24-57(23-7-21-55)48(65)16-10-32(2)38-12-14-40-50-42(30-46(63)54(38,40)6)52(4)20-18-36(59)26-34(52)28-44(50)61/h31-46,49-50,58-63H,7-30,55H2,1-6H3,(H,56,64)/t31?,32?,33?,34?,35-,36-,37?,38?,39?,40?,41?,42?,43?,44?,45+,46+,49?,50?,51-,52-,53+,54+/m0/s1. The maximum Gasteiger partial charge on any atom is 0.222 e. The molecule has 0 heterocycles. The Morgan fingerprint density at radius 3 is 1.55 bits per heavy atom. The molecule has 0 bridgehead atoms. The lowest BCUT2D eigenvalue weighted by Crippen LogP contribution is -2.62. The summed E-state index contributed by atoms with van der Waals surface area (Å²) in [4.78, 5) is 29.0. The number of nitrogens with two attached hydrogens (primary N) is 1. The lowest BCUT2D eigenvalue weighted by atomic mass is 9.43. The number of aliphatic hydroxyl groups is 6. The molecule has 0 aliphatic heterocycles. The number of hydrogen-bond donors (Lipinski definition) is 8. The number of carbonyl (C=O) groups is 2. The Balaban J connectivity index is 0.791. The van der Waals surface area contributed by atoms with E-state index in [9.17, 15) is 40.2 Å². The van der Waals surface area contributed by atoms with Gasteiger partial charge in [-0.25, -0.2) is 0 Å². The number of nitrogens with zero attached hydrogens (tertiary/aromatic N) is 1. The Morgan fingerprint density at radius 1 is 0.615 bits per heavy atom. The monoisotopic (exact) mass is 912 g/mol. The molecule has 8 rings (SSSR count). The molecule has 0 aromatic rings. The molecular formula is C54H93N3O8. The van der Waals surface area contributed by atoms with Gasteiger partial charge in [-0.05, 0) is 215 Å². The first-order chi connectivity index (χ1) is 30.8. The number of carbonyl (C=O) groups excluding carboxylic acids is 2. The zero-order valence-electron chi connectivity index (χ0n) is 41.4. The number of nitrogens with one attached hydrogen (secondary N) is 1. The fourth-order valence-corrected chi connectivity index (χ4v) is 18.8. The first-order valence-electron chi connectivity index (χ1n) is 27.1. The first kappa shape index (κ1) is 50.1. The Kier molecular flexibility index (Phi) is 15.0. The summed E-state index contributed by atoms with van der Waals surface area (Å²) in [5.74, 6) is 3.28. The number of rotatable bonds is 15. The van der Waals surface area contributed by atoms with E-state index in [4.69, 9.17) is 5.73 Å². The molecule has 14 unspecified atom stereocenters. The Hall–Kier alpha value is -1.34. The molecule has 0 spiro atoms. The van der Waals surface area contributed by atoms with Gasteiger partial charge in [-0.3, -0.25) is 9.59 Å². The Labute approximate surface area is 392 Å². The van der Waals surface area contributed by atoms with Gasteiger partial charge in [-0.2, -0.15) is 0 Å². The lowest BCUT2D eigenvalue weighted by molar-refractivity contribution is -0.207. The highest BCUT2D eigenvalue weighted by Crippen LogP contribution is 2.70. The van der Waals surface area contributed by atoms with Crippen molar-refractivity contribution in [3.63, 3.8) is 0 Å². The lowest BCUT2D eigenvalue weighted by Gasteiger charge is -2.63. The average Bonchev–Trinajstić information content (AvgIpc) is 3.82. The molecule has 0 aromatic carbocycles. The van der Waals surface area contributed by atoms with Crippen LogP contribution in [0.5, 0.6) is 0 Å². The molecule has 22 atom stereocenters. The van der Waals surface area contributed by atoms with Crippen LogP contribution in [-0.4, -0.2) is 110 Å². The summed E-state index contributed by atoms with van der Waals surface area (Å²) < 4.78 is 0. The average molecular weight is 912 g/mol. The predicted octanol–water partition coefficient (Wildman–Crippen LogP) is 6.43. The second kappa shape index (κ2) is 19.5. The first-order valence-corrected chi connectivity index (χ1v) is 27.1. The Bertz CT molecular complexity index is 1670. The van der Waals surface area contributed by atoms with Gasteiger partial charge in [0, 0.05) is 32.5 Å². The minimum Gasteiger partial charge on any atom is -0.393 e. The van der Waals surface area contributed by atoms with Gasteiger partial charge in [0.15, 0.2) is 0 Å². The van der Waals surface area contributed by atoms with Crippen LogP contribution in [0, 0.1) is 92.7 Å². The molecule has 2 amide bonds. The quantitative estimate of drug-likeness (QED) is 0.0855. The molecule has 0 aromatic heterocycles. The van der Waals surface area contributed by atoms with Crippen molar-refractivity contribution >= 4 is 11.8 Å². The van der Waals surface area contributed by atoms with Gasteiger partial charge in [0.1, 0.15) is 0 Å². The van der Waals surface area contributed by atoms with Gasteiger partial charge in [-0.15, -0.1) is 0 Å². The molecule has 8 saturated carbocycles. The van der Waals surface area contributed by atoms with Crippen LogP contribution in [0.2, 0.25) is 0 Å². The van der Waals surface area contributed by atoms with E-state index in [-0.39, 0.29) is 98.9 Å². The molecule has 65 heavy (non-hydrogen) atoms. The van der Waals surface area contributed by atoms with Crippen LogP contribution in [0.3, 0.4) is 0 Å². The number of amides is 2. The third-order valence-corrected chi connectivity index (χ3v) is 22.6. The molecule has 0 radical (unpaired) electrons. The van der Waals surface area contributed by atoms with Crippen LogP contribution >= 0.6 is 0 Å². The maximum atomic E-state index is 13.8. The zero-order valence-corrected chi connectivity index (χ0v) is 41.4. The fourth-order valence-electron chi connectivity index (χ4n) is 18.8.